The maximum absolute atomic E-state index is 11.5. The molecule has 0 unspecified atom stereocenters. The number of hydrogen-bond acceptors (Lipinski definition) is 2. The average molecular weight is 167 g/mol. The van der Waals surface area contributed by atoms with E-state index in [1.54, 1.807) is 7.05 Å². The van der Waals surface area contributed by atoms with E-state index in [9.17, 15) is 4.79 Å². The highest BCUT2D eigenvalue weighted by Gasteiger charge is 2.19. The van der Waals surface area contributed by atoms with Crippen molar-refractivity contribution in [3.63, 3.8) is 0 Å². The highest BCUT2D eigenvalue weighted by molar-refractivity contribution is 5.45. The van der Waals surface area contributed by atoms with Crippen LogP contribution in [0.25, 0.3) is 0 Å². The van der Waals surface area contributed by atoms with E-state index in [1.807, 2.05) is 0 Å². The minimum Gasteiger partial charge on any atom is -0.370 e. The number of nitrogens with zero attached hydrogens (tertiary/aromatic N) is 1. The molecule has 0 saturated heterocycles. The summed E-state index contributed by atoms with van der Waals surface area (Å²) in [6.45, 7) is 3.09. The molecule has 4 heteroatoms. The van der Waals surface area contributed by atoms with Crippen molar-refractivity contribution in [3.8, 4) is 0 Å². The normalized spacial score (nSPS) is 21.7. The van der Waals surface area contributed by atoms with Crippen molar-refractivity contribution in [2.24, 2.45) is 13.0 Å². The molecule has 2 rings (SSSR count). The molecule has 0 amide bonds. The summed E-state index contributed by atoms with van der Waals surface area (Å²) in [6.07, 6.45) is 0.887. The molecule has 0 bridgehead atoms. The Kier molecular flexibility index (Phi) is 1.49. The summed E-state index contributed by atoms with van der Waals surface area (Å²) in [5.74, 6) is 1.46. The van der Waals surface area contributed by atoms with E-state index in [2.05, 4.69) is 17.3 Å². The summed E-state index contributed by atoms with van der Waals surface area (Å²) in [4.78, 5) is 11.5. The number of anilines is 1. The Morgan fingerprint density at radius 3 is 3.08 bits per heavy atom. The molecule has 1 aromatic heterocycles. The molecule has 0 radical (unpaired) electrons. The van der Waals surface area contributed by atoms with Gasteiger partial charge in [-0.2, -0.15) is 0 Å². The van der Waals surface area contributed by atoms with Crippen LogP contribution in [0.1, 0.15) is 12.5 Å². The lowest BCUT2D eigenvalue weighted by Gasteiger charge is -2.18. The maximum Gasteiger partial charge on any atom is 0.271 e. The van der Waals surface area contributed by atoms with Gasteiger partial charge in [0.1, 0.15) is 5.82 Å². The van der Waals surface area contributed by atoms with Gasteiger partial charge in [-0.25, -0.2) is 0 Å². The number of hydrogen-bond donors (Lipinski definition) is 2. The van der Waals surface area contributed by atoms with Gasteiger partial charge in [0.15, 0.2) is 0 Å². The Hall–Kier alpha value is -1.19. The molecule has 0 aromatic carbocycles. The first-order valence-electron chi connectivity index (χ1n) is 4.20. The summed E-state index contributed by atoms with van der Waals surface area (Å²) >= 11 is 0. The van der Waals surface area contributed by atoms with Crippen LogP contribution in [0.4, 0.5) is 5.82 Å². The van der Waals surface area contributed by atoms with Gasteiger partial charge in [-0.1, -0.05) is 6.92 Å². The average Bonchev–Trinajstić information content (AvgIpc) is 2.31. The minimum absolute atomic E-state index is 0.101. The van der Waals surface area contributed by atoms with Crippen LogP contribution in [0.3, 0.4) is 0 Å². The van der Waals surface area contributed by atoms with Crippen LogP contribution in [0.5, 0.6) is 0 Å². The summed E-state index contributed by atoms with van der Waals surface area (Å²) < 4.78 is 1.52. The summed E-state index contributed by atoms with van der Waals surface area (Å²) in [6, 6.07) is 0. The lowest BCUT2D eigenvalue weighted by Crippen LogP contribution is -2.24. The van der Waals surface area contributed by atoms with Gasteiger partial charge in [0, 0.05) is 13.6 Å². The Labute approximate surface area is 70.6 Å². The van der Waals surface area contributed by atoms with Gasteiger partial charge < -0.3 is 5.32 Å². The van der Waals surface area contributed by atoms with Gasteiger partial charge in [-0.05, 0) is 12.3 Å². The molecular weight excluding hydrogens is 154 g/mol. The number of nitrogens with one attached hydrogen (secondary N) is 2. The van der Waals surface area contributed by atoms with E-state index in [4.69, 9.17) is 0 Å². The molecule has 1 aliphatic rings. The molecule has 66 valence electrons. The van der Waals surface area contributed by atoms with E-state index < -0.39 is 0 Å². The lowest BCUT2D eigenvalue weighted by molar-refractivity contribution is 0.592. The first-order valence-corrected chi connectivity index (χ1v) is 4.20. The van der Waals surface area contributed by atoms with Crippen molar-refractivity contribution in [2.75, 3.05) is 11.9 Å². The highest BCUT2D eigenvalue weighted by Crippen LogP contribution is 2.18. The number of aryl methyl sites for hydroxylation is 1. The molecule has 0 saturated carbocycles. The number of fused-ring (bicyclic) bond motifs is 1. The van der Waals surface area contributed by atoms with Crippen LogP contribution in [0, 0.1) is 5.92 Å². The zero-order valence-electron chi connectivity index (χ0n) is 7.35. The molecule has 2 N–H and O–H groups in total. The Morgan fingerprint density at radius 2 is 2.33 bits per heavy atom. The molecule has 1 aromatic rings. The smallest absolute Gasteiger partial charge is 0.271 e. The van der Waals surface area contributed by atoms with Crippen LogP contribution >= 0.6 is 0 Å². The van der Waals surface area contributed by atoms with Gasteiger partial charge in [-0.15, -0.1) is 0 Å². The number of rotatable bonds is 0. The standard InChI is InChI=1S/C8H13N3O/c1-5-3-6-7(9-4-5)10-11(2)8(6)12/h5,9-10H,3-4H2,1-2H3/t5-/m1/s1. The number of aromatic nitrogens is 2. The van der Waals surface area contributed by atoms with Crippen molar-refractivity contribution in [1.29, 1.82) is 0 Å². The van der Waals surface area contributed by atoms with Gasteiger partial charge in [-0.3, -0.25) is 14.6 Å². The quantitative estimate of drug-likeness (QED) is 0.584. The highest BCUT2D eigenvalue weighted by atomic mass is 16.1. The molecule has 1 aliphatic heterocycles. The zero-order chi connectivity index (χ0) is 8.72. The van der Waals surface area contributed by atoms with E-state index >= 15 is 0 Å². The first-order chi connectivity index (χ1) is 5.68. The van der Waals surface area contributed by atoms with Crippen LogP contribution < -0.4 is 10.9 Å². The van der Waals surface area contributed by atoms with E-state index in [0.717, 1.165) is 24.3 Å². The molecule has 12 heavy (non-hydrogen) atoms. The summed E-state index contributed by atoms with van der Waals surface area (Å²) in [7, 11) is 1.74. The first kappa shape index (κ1) is 7.46. The van der Waals surface area contributed by atoms with Crippen molar-refractivity contribution >= 4 is 5.82 Å². The fourth-order valence-corrected chi connectivity index (χ4v) is 1.63. The zero-order valence-corrected chi connectivity index (χ0v) is 7.35. The fraction of sp³-hybridized carbons (Fsp3) is 0.625. The molecule has 0 fully saturated rings. The summed E-state index contributed by atoms with van der Waals surface area (Å²) in [5, 5.41) is 6.18. The molecule has 0 aliphatic carbocycles. The second kappa shape index (κ2) is 2.40. The Morgan fingerprint density at radius 1 is 1.58 bits per heavy atom. The third kappa shape index (κ3) is 0.948. The Bertz CT molecular complexity index is 350. The number of aromatic amines is 1. The van der Waals surface area contributed by atoms with Crippen LogP contribution in [-0.2, 0) is 13.5 Å². The predicted molar refractivity (Wildman–Crippen MR) is 47.4 cm³/mol. The van der Waals surface area contributed by atoms with Crippen molar-refractivity contribution < 1.29 is 0 Å². The Balaban J connectivity index is 2.51. The monoisotopic (exact) mass is 167 g/mol. The molecule has 1 atom stereocenters. The van der Waals surface area contributed by atoms with Crippen LogP contribution in [-0.4, -0.2) is 16.3 Å². The third-order valence-corrected chi connectivity index (χ3v) is 2.32. The van der Waals surface area contributed by atoms with E-state index in [-0.39, 0.29) is 5.56 Å². The SMILES string of the molecule is C[C@H]1CNc2[nH]n(C)c(=O)c2C1. The third-order valence-electron chi connectivity index (χ3n) is 2.32. The second-order valence-corrected chi connectivity index (χ2v) is 3.52. The topological polar surface area (TPSA) is 49.8 Å². The van der Waals surface area contributed by atoms with Crippen LogP contribution in [0.2, 0.25) is 0 Å². The molecule has 2 heterocycles. The van der Waals surface area contributed by atoms with Crippen molar-refractivity contribution in [3.05, 3.63) is 15.9 Å². The summed E-state index contributed by atoms with van der Waals surface area (Å²) in [5.41, 5.74) is 1.00. The van der Waals surface area contributed by atoms with E-state index in [1.165, 1.54) is 4.68 Å². The lowest BCUT2D eigenvalue weighted by atomic mass is 10.00. The van der Waals surface area contributed by atoms with E-state index in [0.29, 0.717) is 5.92 Å². The van der Waals surface area contributed by atoms with Crippen molar-refractivity contribution in [2.45, 2.75) is 13.3 Å². The predicted octanol–water partition coefficient (Wildman–Crippen LogP) is 0.317. The largest absolute Gasteiger partial charge is 0.370 e. The van der Waals surface area contributed by atoms with Crippen molar-refractivity contribution in [1.82, 2.24) is 9.78 Å². The molecule has 4 nitrogen and oxygen atoms in total. The fourth-order valence-electron chi connectivity index (χ4n) is 1.63. The number of H-pyrrole nitrogens is 1. The maximum atomic E-state index is 11.5. The van der Waals surface area contributed by atoms with Gasteiger partial charge in [0.2, 0.25) is 0 Å². The van der Waals surface area contributed by atoms with Gasteiger partial charge in [0.25, 0.3) is 5.56 Å². The second-order valence-electron chi connectivity index (χ2n) is 3.52. The van der Waals surface area contributed by atoms with Gasteiger partial charge >= 0.3 is 0 Å². The van der Waals surface area contributed by atoms with Gasteiger partial charge in [0.05, 0.1) is 5.56 Å². The minimum atomic E-state index is 0.101. The molecule has 0 spiro atoms. The molecular formula is C8H13N3O. The van der Waals surface area contributed by atoms with Crippen LogP contribution in [0.15, 0.2) is 4.79 Å².